The highest BCUT2D eigenvalue weighted by Crippen LogP contribution is 2.16. The number of hydrogen-bond donors (Lipinski definition) is 2. The van der Waals surface area contributed by atoms with Gasteiger partial charge in [-0.25, -0.2) is 4.39 Å². The van der Waals surface area contributed by atoms with Gasteiger partial charge in [0.2, 0.25) is 0 Å². The highest BCUT2D eigenvalue weighted by molar-refractivity contribution is 5.34. The molecule has 2 rings (SSSR count). The van der Waals surface area contributed by atoms with Gasteiger partial charge in [-0.3, -0.25) is 0 Å². The second-order valence-corrected chi connectivity index (χ2v) is 4.92. The third-order valence-electron chi connectivity index (χ3n) is 3.41. The zero-order chi connectivity index (χ0) is 15.2. The molecule has 2 N–H and O–H groups in total. The molecule has 0 aliphatic rings. The number of hydrogen-bond acceptors (Lipinski definition) is 3. The molecule has 0 bridgehead atoms. The molecule has 4 heteroatoms. The fraction of sp³-hybridized carbons (Fsp3) is 0.235. The molecule has 0 heterocycles. The molecular weight excluding hydrogens is 267 g/mol. The van der Waals surface area contributed by atoms with Gasteiger partial charge in [-0.05, 0) is 36.2 Å². The molecule has 2 aromatic rings. The van der Waals surface area contributed by atoms with Gasteiger partial charge in [0.05, 0.1) is 18.2 Å². The van der Waals surface area contributed by atoms with E-state index in [0.29, 0.717) is 17.7 Å². The van der Waals surface area contributed by atoms with E-state index >= 15 is 0 Å². The van der Waals surface area contributed by atoms with Crippen LogP contribution < -0.4 is 5.32 Å². The van der Waals surface area contributed by atoms with Crippen LogP contribution in [0.3, 0.4) is 0 Å². The highest BCUT2D eigenvalue weighted by atomic mass is 19.1. The fourth-order valence-corrected chi connectivity index (χ4v) is 2.12. The molecule has 1 unspecified atom stereocenters. The number of nitrogens with one attached hydrogen (secondary N) is 1. The van der Waals surface area contributed by atoms with Crippen LogP contribution in [-0.4, -0.2) is 5.11 Å². The number of aliphatic hydroxyl groups is 1. The van der Waals surface area contributed by atoms with Crippen molar-refractivity contribution in [3.8, 4) is 6.07 Å². The largest absolute Gasteiger partial charge is 0.392 e. The Morgan fingerprint density at radius 1 is 1.29 bits per heavy atom. The first-order valence-electron chi connectivity index (χ1n) is 6.75. The first-order chi connectivity index (χ1) is 10.1. The van der Waals surface area contributed by atoms with Crippen molar-refractivity contribution in [2.45, 2.75) is 26.1 Å². The molecule has 0 saturated carbocycles. The molecule has 1 atom stereocenters. The molecule has 108 valence electrons. The van der Waals surface area contributed by atoms with Crippen LogP contribution in [0.15, 0.2) is 42.5 Å². The summed E-state index contributed by atoms with van der Waals surface area (Å²) in [6.45, 7) is 2.31. The second-order valence-electron chi connectivity index (χ2n) is 4.92. The number of aliphatic hydroxyl groups excluding tert-OH is 1. The van der Waals surface area contributed by atoms with Crippen LogP contribution in [-0.2, 0) is 13.2 Å². The number of nitrogens with zero attached hydrogens (tertiary/aromatic N) is 1. The summed E-state index contributed by atoms with van der Waals surface area (Å²) >= 11 is 0. The molecule has 0 aliphatic carbocycles. The molecule has 21 heavy (non-hydrogen) atoms. The van der Waals surface area contributed by atoms with E-state index in [0.717, 1.165) is 11.1 Å². The van der Waals surface area contributed by atoms with Crippen LogP contribution in [0.5, 0.6) is 0 Å². The van der Waals surface area contributed by atoms with Crippen LogP contribution in [0.4, 0.5) is 4.39 Å². The summed E-state index contributed by atoms with van der Waals surface area (Å²) in [6.07, 6.45) is 0. The van der Waals surface area contributed by atoms with Crippen molar-refractivity contribution in [2.24, 2.45) is 0 Å². The van der Waals surface area contributed by atoms with E-state index in [4.69, 9.17) is 10.4 Å². The van der Waals surface area contributed by atoms with E-state index in [1.54, 1.807) is 6.07 Å². The van der Waals surface area contributed by atoms with E-state index in [9.17, 15) is 4.39 Å². The van der Waals surface area contributed by atoms with Crippen molar-refractivity contribution in [3.63, 3.8) is 0 Å². The minimum Gasteiger partial charge on any atom is -0.392 e. The van der Waals surface area contributed by atoms with Gasteiger partial charge in [0.15, 0.2) is 0 Å². The molecule has 0 amide bonds. The van der Waals surface area contributed by atoms with Gasteiger partial charge < -0.3 is 10.4 Å². The zero-order valence-corrected chi connectivity index (χ0v) is 11.8. The Balaban J connectivity index is 2.07. The lowest BCUT2D eigenvalue weighted by atomic mass is 10.0. The van der Waals surface area contributed by atoms with Gasteiger partial charge in [-0.2, -0.15) is 5.26 Å². The summed E-state index contributed by atoms with van der Waals surface area (Å²) in [4.78, 5) is 0. The first kappa shape index (κ1) is 15.2. The molecule has 0 aromatic heterocycles. The third kappa shape index (κ3) is 3.88. The molecule has 0 radical (unpaired) electrons. The maximum atomic E-state index is 13.7. The van der Waals surface area contributed by atoms with Crippen molar-refractivity contribution in [1.29, 1.82) is 5.26 Å². The average Bonchev–Trinajstić information content (AvgIpc) is 2.53. The first-order valence-corrected chi connectivity index (χ1v) is 6.75. The molecule has 3 nitrogen and oxygen atoms in total. The third-order valence-corrected chi connectivity index (χ3v) is 3.41. The van der Waals surface area contributed by atoms with Gasteiger partial charge in [0.25, 0.3) is 0 Å². The minimum atomic E-state index is -0.321. The Bertz CT molecular complexity index is 664. The van der Waals surface area contributed by atoms with Crippen molar-refractivity contribution in [1.82, 2.24) is 5.32 Å². The topological polar surface area (TPSA) is 56.0 Å². The van der Waals surface area contributed by atoms with Gasteiger partial charge in [0, 0.05) is 18.2 Å². The lowest BCUT2D eigenvalue weighted by Crippen LogP contribution is -2.19. The number of nitriles is 1. The second kappa shape index (κ2) is 6.98. The maximum absolute atomic E-state index is 13.7. The predicted octanol–water partition coefficient (Wildman–Crippen LogP) is 3.04. The monoisotopic (exact) mass is 284 g/mol. The van der Waals surface area contributed by atoms with Crippen LogP contribution >= 0.6 is 0 Å². The van der Waals surface area contributed by atoms with Crippen LogP contribution in [0.1, 0.15) is 35.2 Å². The summed E-state index contributed by atoms with van der Waals surface area (Å²) < 4.78 is 13.7. The van der Waals surface area contributed by atoms with Crippen molar-refractivity contribution in [3.05, 3.63) is 70.5 Å². The Labute approximate surface area is 123 Å². The van der Waals surface area contributed by atoms with Crippen LogP contribution in [0.25, 0.3) is 0 Å². The van der Waals surface area contributed by atoms with Crippen LogP contribution in [0.2, 0.25) is 0 Å². The SMILES string of the molecule is CC(NCc1cc(C#N)ccc1F)c1cccc(CO)c1. The summed E-state index contributed by atoms with van der Waals surface area (Å²) in [7, 11) is 0. The van der Waals surface area contributed by atoms with E-state index in [1.807, 2.05) is 37.3 Å². The summed E-state index contributed by atoms with van der Waals surface area (Å²) in [6, 6.07) is 14.0. The fourth-order valence-electron chi connectivity index (χ4n) is 2.12. The number of halogens is 1. The molecule has 2 aromatic carbocycles. The Morgan fingerprint density at radius 2 is 2.10 bits per heavy atom. The lowest BCUT2D eigenvalue weighted by molar-refractivity contribution is 0.281. The standard InChI is InChI=1S/C17H17FN2O/c1-12(15-4-2-3-14(8-15)11-21)20-10-16-7-13(9-19)5-6-17(16)18/h2-8,12,20-21H,10-11H2,1H3. The van der Waals surface area contributed by atoms with Crippen molar-refractivity contribution >= 4 is 0 Å². The smallest absolute Gasteiger partial charge is 0.127 e. The van der Waals surface area contributed by atoms with E-state index < -0.39 is 0 Å². The van der Waals surface area contributed by atoms with Crippen molar-refractivity contribution in [2.75, 3.05) is 0 Å². The Morgan fingerprint density at radius 3 is 2.81 bits per heavy atom. The van der Waals surface area contributed by atoms with Gasteiger partial charge in [-0.15, -0.1) is 0 Å². The van der Waals surface area contributed by atoms with Gasteiger partial charge >= 0.3 is 0 Å². The molecule has 0 spiro atoms. The zero-order valence-electron chi connectivity index (χ0n) is 11.8. The predicted molar refractivity (Wildman–Crippen MR) is 78.7 cm³/mol. The summed E-state index contributed by atoms with van der Waals surface area (Å²) in [5.74, 6) is -0.321. The quantitative estimate of drug-likeness (QED) is 0.887. The van der Waals surface area contributed by atoms with Crippen molar-refractivity contribution < 1.29 is 9.50 Å². The minimum absolute atomic E-state index is 0.000592. The molecule has 0 saturated heterocycles. The van der Waals surface area contributed by atoms with Crippen LogP contribution in [0, 0.1) is 17.1 Å². The Hall–Kier alpha value is -2.22. The normalized spacial score (nSPS) is 11.9. The average molecular weight is 284 g/mol. The highest BCUT2D eigenvalue weighted by Gasteiger charge is 2.08. The Kier molecular flexibility index (Phi) is 5.04. The molecule has 0 aliphatic heterocycles. The molecular formula is C17H17FN2O. The summed E-state index contributed by atoms with van der Waals surface area (Å²) in [5.41, 5.74) is 2.79. The van der Waals surface area contributed by atoms with Gasteiger partial charge in [-0.1, -0.05) is 24.3 Å². The molecule has 0 fully saturated rings. The maximum Gasteiger partial charge on any atom is 0.127 e. The summed E-state index contributed by atoms with van der Waals surface area (Å²) in [5, 5.41) is 21.2. The van der Waals surface area contributed by atoms with Gasteiger partial charge in [0.1, 0.15) is 5.82 Å². The number of rotatable bonds is 5. The number of benzene rings is 2. The van der Waals surface area contributed by atoms with E-state index in [-0.39, 0.29) is 18.5 Å². The van der Waals surface area contributed by atoms with E-state index in [1.165, 1.54) is 12.1 Å². The lowest BCUT2D eigenvalue weighted by Gasteiger charge is -2.15. The van der Waals surface area contributed by atoms with E-state index in [2.05, 4.69) is 5.32 Å².